The summed E-state index contributed by atoms with van der Waals surface area (Å²) < 4.78 is 10.3. The molecule has 0 aliphatic heterocycles. The van der Waals surface area contributed by atoms with Crippen molar-refractivity contribution >= 4 is 50.8 Å². The first-order chi connectivity index (χ1) is 24.9. The van der Waals surface area contributed by atoms with Crippen LogP contribution in [0.1, 0.15) is 83.9 Å². The average molecular weight is 942 g/mol. The van der Waals surface area contributed by atoms with Crippen molar-refractivity contribution in [2.24, 2.45) is 5.92 Å². The summed E-state index contributed by atoms with van der Waals surface area (Å²) in [7, 11) is 0. The van der Waals surface area contributed by atoms with E-state index in [-0.39, 0.29) is 25.6 Å². The Morgan fingerprint density at radius 1 is 0.868 bits per heavy atom. The summed E-state index contributed by atoms with van der Waals surface area (Å²) in [6.45, 7) is 11.2. The molecule has 0 saturated heterocycles. The molecule has 1 radical (unpaired) electrons. The van der Waals surface area contributed by atoms with Gasteiger partial charge in [0.25, 0.3) is 0 Å². The Morgan fingerprint density at radius 3 is 2.32 bits per heavy atom. The summed E-state index contributed by atoms with van der Waals surface area (Å²) in [5.74, 6) is 9.43. The van der Waals surface area contributed by atoms with Crippen LogP contribution in [0.2, 0.25) is 17.3 Å². The first-order valence-corrected chi connectivity index (χ1v) is 26.4. The molecule has 0 N–H and O–H groups in total. The van der Waals surface area contributed by atoms with Crippen LogP contribution in [0, 0.1) is 18.1 Å². The van der Waals surface area contributed by atoms with Crippen molar-refractivity contribution in [3.05, 3.63) is 108 Å². The number of imidazole rings is 1. The molecule has 1 fully saturated rings. The number of aromatic nitrogens is 4. The van der Waals surface area contributed by atoms with Crippen molar-refractivity contribution in [2.45, 2.75) is 102 Å². The molecule has 4 aromatic heterocycles. The van der Waals surface area contributed by atoms with Gasteiger partial charge in [0.1, 0.15) is 0 Å². The minimum Gasteiger partial charge on any atom is 0 e. The van der Waals surface area contributed by atoms with E-state index in [2.05, 4.69) is 123 Å². The smallest absolute Gasteiger partial charge is 0 e. The number of rotatable bonds is 6. The Kier molecular flexibility index (Phi) is 11.8. The van der Waals surface area contributed by atoms with Crippen LogP contribution in [0.15, 0.2) is 89.5 Å². The molecule has 277 valence electrons. The van der Waals surface area contributed by atoms with Crippen molar-refractivity contribution < 1.29 is 24.5 Å². The second-order valence-corrected chi connectivity index (χ2v) is 27.5. The minimum atomic E-state index is -1.86. The van der Waals surface area contributed by atoms with Gasteiger partial charge in [-0.15, -0.1) is 18.2 Å². The zero-order valence-electron chi connectivity index (χ0n) is 32.5. The van der Waals surface area contributed by atoms with Gasteiger partial charge in [-0.1, -0.05) is 42.3 Å². The molecule has 3 aromatic carbocycles. The third kappa shape index (κ3) is 8.41. The van der Waals surface area contributed by atoms with Crippen LogP contribution in [0.25, 0.3) is 55.7 Å². The maximum Gasteiger partial charge on any atom is 0 e. The van der Waals surface area contributed by atoms with Crippen LogP contribution in [0.4, 0.5) is 0 Å². The summed E-state index contributed by atoms with van der Waals surface area (Å²) in [4.78, 5) is 14.7. The molecule has 8 rings (SSSR count). The van der Waals surface area contributed by atoms with Crippen molar-refractivity contribution in [1.82, 2.24) is 19.5 Å². The molecule has 0 atom stereocenters. The summed E-state index contributed by atoms with van der Waals surface area (Å²) >= 11 is -1.86. The number of hydrogen-bond acceptors (Lipinski definition) is 4. The molecule has 0 spiro atoms. The van der Waals surface area contributed by atoms with Crippen molar-refractivity contribution in [3.8, 4) is 22.6 Å². The monoisotopic (exact) mass is 943 g/mol. The number of hydrogen-bond donors (Lipinski definition) is 0. The van der Waals surface area contributed by atoms with E-state index in [1.807, 2.05) is 30.3 Å². The maximum absolute atomic E-state index is 6.44. The third-order valence-electron chi connectivity index (χ3n) is 10.2. The Bertz CT molecular complexity index is 2320. The molecule has 1 saturated carbocycles. The molecule has 0 unspecified atom stereocenters. The number of furan rings is 1. The van der Waals surface area contributed by atoms with Gasteiger partial charge in [-0.25, -0.2) is 4.98 Å². The average Bonchev–Trinajstić information content (AvgIpc) is 3.71. The van der Waals surface area contributed by atoms with Crippen LogP contribution >= 0.6 is 0 Å². The molecule has 4 heterocycles. The summed E-state index contributed by atoms with van der Waals surface area (Å²) in [6, 6.07) is 33.8. The van der Waals surface area contributed by atoms with Crippen molar-refractivity contribution in [2.75, 3.05) is 0 Å². The zero-order valence-corrected chi connectivity index (χ0v) is 37.0. The standard InChI is InChI=1S/C28H28N3O.C18H24GeN.Ir/c1-28(2,3)31-24-15-8-7-14-23(24)29-26(31)21-13-9-12-19-20-16-17-22(18-10-5-4-6-11-18)30-27(20)32-25(19)21;1-14(2)11-16-12-18(15-9-7-6-8-10-15)20-13-17(16)19(3,4)5;/h7-9,12,14-18H,4-6,10-11H2,1-3H3;6-9,12-14H,11H2,1-5H3;/q2*-1;. The molecule has 1 aliphatic rings. The van der Waals surface area contributed by atoms with Crippen molar-refractivity contribution in [3.63, 3.8) is 0 Å². The van der Waals surface area contributed by atoms with Gasteiger partial charge in [-0.3, -0.25) is 4.98 Å². The molecule has 7 heteroatoms. The molecule has 53 heavy (non-hydrogen) atoms. The molecule has 7 aromatic rings. The van der Waals surface area contributed by atoms with Gasteiger partial charge >= 0.3 is 126 Å². The first kappa shape index (κ1) is 39.1. The van der Waals surface area contributed by atoms with Crippen LogP contribution in [-0.2, 0) is 32.1 Å². The number of nitrogens with zero attached hydrogens (tertiary/aromatic N) is 4. The molecule has 1 aliphatic carbocycles. The second-order valence-electron chi connectivity index (χ2n) is 16.9. The van der Waals surface area contributed by atoms with Gasteiger partial charge in [0.05, 0.1) is 22.4 Å². The quantitative estimate of drug-likeness (QED) is 0.123. The predicted octanol–water partition coefficient (Wildman–Crippen LogP) is 11.9. The Hall–Kier alpha value is -3.58. The van der Waals surface area contributed by atoms with E-state index in [0.29, 0.717) is 11.8 Å². The number of fused-ring (bicyclic) bond motifs is 4. The maximum atomic E-state index is 6.44. The minimum absolute atomic E-state index is 0. The van der Waals surface area contributed by atoms with Gasteiger partial charge in [0, 0.05) is 42.6 Å². The van der Waals surface area contributed by atoms with Crippen LogP contribution in [-0.4, -0.2) is 32.8 Å². The normalized spacial score (nSPS) is 14.1. The molecular formula is C46H52GeIrN4O-2. The molecule has 0 bridgehead atoms. The molecule has 0 amide bonds. The van der Waals surface area contributed by atoms with E-state index in [1.54, 1.807) is 4.40 Å². The SMILES string of the molecule is CC(C)(C)n1c(-c2[c-]ccc3c2oc2nc(C4CCCCC4)ccc23)nc2ccccc21.CC(C)Cc1cc(-c2[c-]cccc2)nc[c]1[Ge]([CH3])([CH3])[CH3].[Ir]. The summed E-state index contributed by atoms with van der Waals surface area (Å²) in [6.07, 6.45) is 9.67. The van der Waals surface area contributed by atoms with Crippen molar-refractivity contribution in [1.29, 1.82) is 0 Å². The largest absolute Gasteiger partial charge is 0 e. The molecule has 5 nitrogen and oxygen atoms in total. The number of pyridine rings is 2. The van der Waals surface area contributed by atoms with E-state index in [0.717, 1.165) is 62.2 Å². The van der Waals surface area contributed by atoms with E-state index in [1.165, 1.54) is 43.4 Å². The van der Waals surface area contributed by atoms with E-state index in [9.17, 15) is 0 Å². The van der Waals surface area contributed by atoms with Gasteiger partial charge in [-0.05, 0) is 57.9 Å². The van der Waals surface area contributed by atoms with E-state index < -0.39 is 13.3 Å². The van der Waals surface area contributed by atoms with E-state index >= 15 is 0 Å². The van der Waals surface area contributed by atoms with Crippen LogP contribution in [0.5, 0.6) is 0 Å². The van der Waals surface area contributed by atoms with Gasteiger partial charge in [0.15, 0.2) is 0 Å². The Labute approximate surface area is 331 Å². The predicted molar refractivity (Wildman–Crippen MR) is 220 cm³/mol. The Morgan fingerprint density at radius 2 is 1.62 bits per heavy atom. The van der Waals surface area contributed by atoms with E-state index in [4.69, 9.17) is 19.4 Å². The van der Waals surface area contributed by atoms with Gasteiger partial charge in [-0.2, -0.15) is 0 Å². The number of benzene rings is 3. The fourth-order valence-corrected chi connectivity index (χ4v) is 11.1. The molecular weight excluding hydrogens is 889 g/mol. The fraction of sp³-hybridized carbons (Fsp3) is 0.370. The zero-order chi connectivity index (χ0) is 36.6. The van der Waals surface area contributed by atoms with Crippen LogP contribution < -0.4 is 4.40 Å². The van der Waals surface area contributed by atoms with Gasteiger partial charge in [0.2, 0.25) is 5.71 Å². The third-order valence-corrected chi connectivity index (χ3v) is 14.5. The summed E-state index contributed by atoms with van der Waals surface area (Å²) in [5, 5.41) is 2.14. The van der Waals surface area contributed by atoms with Crippen LogP contribution in [0.3, 0.4) is 0 Å². The second kappa shape index (κ2) is 16.0. The topological polar surface area (TPSA) is 56.7 Å². The first-order valence-electron chi connectivity index (χ1n) is 19.1. The summed E-state index contributed by atoms with van der Waals surface area (Å²) in [5.41, 5.74) is 9.20. The Balaban J connectivity index is 0.000000199. The number of para-hydroxylation sites is 2. The fourth-order valence-electron chi connectivity index (χ4n) is 7.78. The van der Waals surface area contributed by atoms with Gasteiger partial charge < -0.3 is 8.98 Å².